The number of carbonyl (C=O) groups excluding carboxylic acids is 2. The monoisotopic (exact) mass is 452 g/mol. The van der Waals surface area contributed by atoms with Gasteiger partial charge in [0.2, 0.25) is 0 Å². The van der Waals surface area contributed by atoms with Gasteiger partial charge in [0, 0.05) is 15.7 Å². The fourth-order valence-electron chi connectivity index (χ4n) is 3.38. The van der Waals surface area contributed by atoms with E-state index in [0.29, 0.717) is 32.7 Å². The summed E-state index contributed by atoms with van der Waals surface area (Å²) >= 11 is 12.3. The van der Waals surface area contributed by atoms with E-state index in [-0.39, 0.29) is 11.3 Å². The van der Waals surface area contributed by atoms with Gasteiger partial charge in [-0.15, -0.1) is 0 Å². The van der Waals surface area contributed by atoms with E-state index in [1.165, 1.54) is 0 Å². The number of aryl methyl sites for hydroxylation is 1. The van der Waals surface area contributed by atoms with Crippen LogP contribution in [-0.4, -0.2) is 18.9 Å². The van der Waals surface area contributed by atoms with Crippen LogP contribution < -0.4 is 15.0 Å². The molecule has 1 aliphatic rings. The number of anilines is 2. The van der Waals surface area contributed by atoms with Crippen molar-refractivity contribution in [3.8, 4) is 5.75 Å². The van der Waals surface area contributed by atoms with Crippen molar-refractivity contribution in [2.45, 2.75) is 6.92 Å². The summed E-state index contributed by atoms with van der Waals surface area (Å²) in [6, 6.07) is 18.9. The Balaban J connectivity index is 1.85. The molecule has 31 heavy (non-hydrogen) atoms. The number of halogens is 2. The fourth-order valence-corrected chi connectivity index (χ4v) is 3.74. The first kappa shape index (κ1) is 21.0. The maximum absolute atomic E-state index is 13.4. The first-order chi connectivity index (χ1) is 14.9. The number of carbonyl (C=O) groups is 2. The van der Waals surface area contributed by atoms with Crippen LogP contribution in [0.3, 0.4) is 0 Å². The molecule has 1 aliphatic heterocycles. The van der Waals surface area contributed by atoms with Crippen LogP contribution in [0.1, 0.15) is 11.1 Å². The molecule has 1 N–H and O–H groups in total. The number of methoxy groups -OCH3 is 1. The van der Waals surface area contributed by atoms with Crippen molar-refractivity contribution in [3.63, 3.8) is 0 Å². The Bertz CT molecular complexity index is 1220. The number of ether oxygens (including phenoxy) is 1. The lowest BCUT2D eigenvalue weighted by molar-refractivity contribution is -0.120. The average molecular weight is 453 g/mol. The number of amides is 2. The minimum absolute atomic E-state index is 0.167. The maximum atomic E-state index is 13.4. The highest BCUT2D eigenvalue weighted by Crippen LogP contribution is 2.35. The molecule has 3 aromatic carbocycles. The number of rotatable bonds is 5. The summed E-state index contributed by atoms with van der Waals surface area (Å²) in [4.78, 5) is 28.0. The van der Waals surface area contributed by atoms with E-state index in [0.717, 1.165) is 10.5 Å². The van der Waals surface area contributed by atoms with Crippen LogP contribution in [0.25, 0.3) is 5.57 Å². The van der Waals surface area contributed by atoms with Gasteiger partial charge in [0.1, 0.15) is 11.4 Å². The molecule has 0 saturated heterocycles. The van der Waals surface area contributed by atoms with Gasteiger partial charge in [-0.25, -0.2) is 4.90 Å². The molecule has 5 nitrogen and oxygen atoms in total. The predicted molar refractivity (Wildman–Crippen MR) is 124 cm³/mol. The molecule has 4 rings (SSSR count). The van der Waals surface area contributed by atoms with E-state index in [2.05, 4.69) is 5.32 Å². The Kier molecular flexibility index (Phi) is 5.72. The number of nitrogens with one attached hydrogen (secondary N) is 1. The third-order valence-corrected chi connectivity index (χ3v) is 5.46. The molecule has 0 aliphatic carbocycles. The fraction of sp³-hybridized carbons (Fsp3) is 0.0833. The summed E-state index contributed by atoms with van der Waals surface area (Å²) < 4.78 is 5.21. The number of hydrogen-bond donors (Lipinski definition) is 1. The van der Waals surface area contributed by atoms with Gasteiger partial charge >= 0.3 is 0 Å². The summed E-state index contributed by atoms with van der Waals surface area (Å²) in [7, 11) is 1.56. The van der Waals surface area contributed by atoms with E-state index in [9.17, 15) is 9.59 Å². The summed E-state index contributed by atoms with van der Waals surface area (Å²) in [6.07, 6.45) is 0. The summed E-state index contributed by atoms with van der Waals surface area (Å²) in [6.45, 7) is 1.89. The van der Waals surface area contributed by atoms with Crippen LogP contribution in [0, 0.1) is 6.92 Å². The molecule has 0 spiro atoms. The topological polar surface area (TPSA) is 58.6 Å². The van der Waals surface area contributed by atoms with Gasteiger partial charge in [0.05, 0.1) is 18.4 Å². The second kappa shape index (κ2) is 8.46. The molecular formula is C24H18Cl2N2O3. The Morgan fingerprint density at radius 3 is 2.26 bits per heavy atom. The van der Waals surface area contributed by atoms with Crippen LogP contribution in [0.4, 0.5) is 11.4 Å². The number of benzene rings is 3. The van der Waals surface area contributed by atoms with E-state index in [1.807, 2.05) is 13.0 Å². The van der Waals surface area contributed by atoms with Crippen molar-refractivity contribution in [3.05, 3.63) is 93.6 Å². The van der Waals surface area contributed by atoms with Crippen LogP contribution in [0.15, 0.2) is 72.4 Å². The lowest BCUT2D eigenvalue weighted by atomic mass is 10.0. The van der Waals surface area contributed by atoms with Gasteiger partial charge in [-0.1, -0.05) is 47.5 Å². The van der Waals surface area contributed by atoms with Crippen LogP contribution in [0.2, 0.25) is 10.0 Å². The molecule has 156 valence electrons. The molecule has 0 unspecified atom stereocenters. The van der Waals surface area contributed by atoms with Gasteiger partial charge in [0.25, 0.3) is 11.8 Å². The molecule has 1 heterocycles. The number of hydrogen-bond acceptors (Lipinski definition) is 4. The smallest absolute Gasteiger partial charge is 0.282 e. The second-order valence-corrected chi connectivity index (χ2v) is 7.86. The minimum Gasteiger partial charge on any atom is -0.497 e. The van der Waals surface area contributed by atoms with Crippen molar-refractivity contribution < 1.29 is 14.3 Å². The Morgan fingerprint density at radius 2 is 1.58 bits per heavy atom. The third-order valence-electron chi connectivity index (χ3n) is 4.99. The summed E-state index contributed by atoms with van der Waals surface area (Å²) in [5, 5.41) is 4.08. The summed E-state index contributed by atoms with van der Waals surface area (Å²) in [5.41, 5.74) is 2.93. The molecule has 0 bridgehead atoms. The normalized spacial score (nSPS) is 13.7. The molecule has 7 heteroatoms. The van der Waals surface area contributed by atoms with Gasteiger partial charge in [-0.2, -0.15) is 0 Å². The standard InChI is InChI=1S/C24H18Cl2N2O3/c1-14-6-9-17(26)13-20(14)27-22-21(15-7-10-19(31-2)11-8-15)23(29)28(24(22)30)18-5-3-4-16(25)12-18/h3-13,27H,1-2H3. The lowest BCUT2D eigenvalue weighted by Crippen LogP contribution is -2.32. The van der Waals surface area contributed by atoms with Gasteiger partial charge in [-0.3, -0.25) is 9.59 Å². The zero-order chi connectivity index (χ0) is 22.1. The first-order valence-corrected chi connectivity index (χ1v) is 10.2. The van der Waals surface area contributed by atoms with Crippen molar-refractivity contribution in [2.24, 2.45) is 0 Å². The highest BCUT2D eigenvalue weighted by atomic mass is 35.5. The first-order valence-electron chi connectivity index (χ1n) is 9.45. The summed E-state index contributed by atoms with van der Waals surface area (Å²) in [5.74, 6) is -0.273. The molecule has 0 saturated carbocycles. The molecule has 0 fully saturated rings. The number of nitrogens with zero attached hydrogens (tertiary/aromatic N) is 1. The average Bonchev–Trinajstić information content (AvgIpc) is 3.00. The zero-order valence-electron chi connectivity index (χ0n) is 16.8. The van der Waals surface area contributed by atoms with Crippen LogP contribution in [-0.2, 0) is 9.59 Å². The maximum Gasteiger partial charge on any atom is 0.282 e. The quantitative estimate of drug-likeness (QED) is 0.503. The van der Waals surface area contributed by atoms with Crippen LogP contribution in [0.5, 0.6) is 5.75 Å². The van der Waals surface area contributed by atoms with Gasteiger partial charge in [0.15, 0.2) is 0 Å². The second-order valence-electron chi connectivity index (χ2n) is 6.99. The number of imide groups is 1. The zero-order valence-corrected chi connectivity index (χ0v) is 18.3. The van der Waals surface area contributed by atoms with Crippen molar-refractivity contribution in [1.82, 2.24) is 0 Å². The molecule has 2 amide bonds. The van der Waals surface area contributed by atoms with E-state index in [4.69, 9.17) is 27.9 Å². The largest absolute Gasteiger partial charge is 0.497 e. The SMILES string of the molecule is COc1ccc(C2=C(Nc3cc(Cl)ccc3C)C(=O)N(c3cccc(Cl)c3)C2=O)cc1. The van der Waals surface area contributed by atoms with E-state index in [1.54, 1.807) is 67.8 Å². The molecular weight excluding hydrogens is 435 g/mol. The minimum atomic E-state index is -0.475. The Morgan fingerprint density at radius 1 is 0.871 bits per heavy atom. The van der Waals surface area contributed by atoms with Crippen molar-refractivity contribution in [1.29, 1.82) is 0 Å². The van der Waals surface area contributed by atoms with Crippen molar-refractivity contribution >= 4 is 52.0 Å². The Labute approximate surface area is 189 Å². The third kappa shape index (κ3) is 4.02. The molecule has 0 aromatic heterocycles. The van der Waals surface area contributed by atoms with Gasteiger partial charge in [-0.05, 0) is 60.5 Å². The van der Waals surface area contributed by atoms with Gasteiger partial charge < -0.3 is 10.1 Å². The molecule has 0 radical (unpaired) electrons. The highest BCUT2D eigenvalue weighted by molar-refractivity contribution is 6.46. The van der Waals surface area contributed by atoms with Crippen LogP contribution >= 0.6 is 23.2 Å². The predicted octanol–water partition coefficient (Wildman–Crippen LogP) is 5.71. The molecule has 0 atom stereocenters. The van der Waals surface area contributed by atoms with Crippen molar-refractivity contribution in [2.75, 3.05) is 17.3 Å². The molecule has 3 aromatic rings. The lowest BCUT2D eigenvalue weighted by Gasteiger charge is -2.16. The Hall–Kier alpha value is -3.28. The van der Waals surface area contributed by atoms with E-state index >= 15 is 0 Å². The van der Waals surface area contributed by atoms with E-state index < -0.39 is 11.8 Å². The highest BCUT2D eigenvalue weighted by Gasteiger charge is 2.40.